The minimum Gasteiger partial charge on any atom is -0.342 e. The van der Waals surface area contributed by atoms with Gasteiger partial charge in [-0.2, -0.15) is 5.10 Å². The van der Waals surface area contributed by atoms with Crippen molar-refractivity contribution in [3.8, 4) is 0 Å². The van der Waals surface area contributed by atoms with E-state index in [1.54, 1.807) is 29.1 Å². The summed E-state index contributed by atoms with van der Waals surface area (Å²) in [5.41, 5.74) is 2.12. The van der Waals surface area contributed by atoms with Gasteiger partial charge in [0.2, 0.25) is 5.91 Å². The third-order valence-corrected chi connectivity index (χ3v) is 5.14. The Morgan fingerprint density at radius 2 is 2.09 bits per heavy atom. The Balaban J connectivity index is 1.55. The number of anilines is 1. The van der Waals surface area contributed by atoms with E-state index in [4.69, 9.17) is 0 Å². The van der Waals surface area contributed by atoms with Gasteiger partial charge < -0.3 is 10.6 Å². The Morgan fingerprint density at radius 1 is 1.30 bits per heavy atom. The van der Waals surface area contributed by atoms with Gasteiger partial charge in [0.25, 0.3) is 5.91 Å². The van der Waals surface area contributed by atoms with E-state index in [1.807, 2.05) is 13.0 Å². The minimum atomic E-state index is -0.261. The molecule has 3 rings (SSSR count). The van der Waals surface area contributed by atoms with Gasteiger partial charge in [-0.3, -0.25) is 14.3 Å². The molecule has 0 fully saturated rings. The largest absolute Gasteiger partial charge is 0.342 e. The molecular weight excluding hydrogens is 312 g/mol. The summed E-state index contributed by atoms with van der Waals surface area (Å²) in [6.45, 7) is 1.81. The maximum absolute atomic E-state index is 12.2. The first-order valence-corrected chi connectivity index (χ1v) is 8.55. The summed E-state index contributed by atoms with van der Waals surface area (Å²) in [5.74, 6) is 0.178. The van der Waals surface area contributed by atoms with Crippen molar-refractivity contribution in [1.82, 2.24) is 15.1 Å². The molecule has 2 aromatic heterocycles. The van der Waals surface area contributed by atoms with Crippen LogP contribution < -0.4 is 10.6 Å². The molecule has 0 saturated heterocycles. The number of hydrogen-bond acceptors (Lipinski definition) is 4. The van der Waals surface area contributed by atoms with Crippen molar-refractivity contribution in [3.05, 3.63) is 33.1 Å². The fourth-order valence-corrected chi connectivity index (χ4v) is 3.93. The average Bonchev–Trinajstić information content (AvgIpc) is 3.08. The van der Waals surface area contributed by atoms with Crippen molar-refractivity contribution in [3.63, 3.8) is 0 Å². The van der Waals surface area contributed by atoms with Crippen LogP contribution in [0.4, 0.5) is 5.82 Å². The zero-order valence-corrected chi connectivity index (χ0v) is 14.1. The Kier molecular flexibility index (Phi) is 4.47. The first-order chi connectivity index (χ1) is 11.0. The average molecular weight is 332 g/mol. The highest BCUT2D eigenvalue weighted by molar-refractivity contribution is 7.14. The highest BCUT2D eigenvalue weighted by Gasteiger charge is 2.17. The molecule has 2 heterocycles. The van der Waals surface area contributed by atoms with Crippen LogP contribution in [0.2, 0.25) is 0 Å². The first kappa shape index (κ1) is 15.7. The summed E-state index contributed by atoms with van der Waals surface area (Å²) in [4.78, 5) is 26.1. The highest BCUT2D eigenvalue weighted by atomic mass is 32.1. The normalized spacial score (nSPS) is 13.5. The Morgan fingerprint density at radius 3 is 2.78 bits per heavy atom. The van der Waals surface area contributed by atoms with E-state index in [2.05, 4.69) is 15.7 Å². The van der Waals surface area contributed by atoms with Gasteiger partial charge in [0.1, 0.15) is 5.82 Å². The summed E-state index contributed by atoms with van der Waals surface area (Å²) in [6.07, 6.45) is 4.51. The third kappa shape index (κ3) is 3.61. The van der Waals surface area contributed by atoms with E-state index >= 15 is 0 Å². The molecule has 1 aliphatic rings. The van der Waals surface area contributed by atoms with E-state index in [0.29, 0.717) is 10.7 Å². The van der Waals surface area contributed by atoms with Crippen LogP contribution in [0.1, 0.15) is 38.6 Å². The summed E-state index contributed by atoms with van der Waals surface area (Å²) < 4.78 is 1.60. The molecule has 0 saturated carbocycles. The molecule has 0 bridgehead atoms. The quantitative estimate of drug-likeness (QED) is 0.899. The van der Waals surface area contributed by atoms with Crippen LogP contribution in [-0.4, -0.2) is 28.1 Å². The van der Waals surface area contributed by atoms with Gasteiger partial charge in [0.05, 0.1) is 17.1 Å². The zero-order chi connectivity index (χ0) is 16.4. The zero-order valence-electron chi connectivity index (χ0n) is 13.3. The molecule has 0 spiro atoms. The minimum absolute atomic E-state index is 0.0500. The second-order valence-corrected chi connectivity index (χ2v) is 6.93. The van der Waals surface area contributed by atoms with Gasteiger partial charge >= 0.3 is 0 Å². The summed E-state index contributed by atoms with van der Waals surface area (Å²) in [7, 11) is 1.76. The molecule has 23 heavy (non-hydrogen) atoms. The van der Waals surface area contributed by atoms with E-state index in [0.717, 1.165) is 18.5 Å². The van der Waals surface area contributed by atoms with Crippen LogP contribution in [0.25, 0.3) is 0 Å². The van der Waals surface area contributed by atoms with Crippen LogP contribution in [0.5, 0.6) is 0 Å². The number of rotatable bonds is 4. The van der Waals surface area contributed by atoms with Gasteiger partial charge in [-0.05, 0) is 44.2 Å². The maximum Gasteiger partial charge on any atom is 0.261 e. The molecule has 2 aromatic rings. The Bertz CT molecular complexity index is 724. The number of nitrogens with zero attached hydrogens (tertiary/aromatic N) is 2. The van der Waals surface area contributed by atoms with Gasteiger partial charge in [0, 0.05) is 18.0 Å². The van der Waals surface area contributed by atoms with Crippen LogP contribution >= 0.6 is 11.3 Å². The number of nitrogens with one attached hydrogen (secondary N) is 2. The van der Waals surface area contributed by atoms with Crippen molar-refractivity contribution < 1.29 is 9.59 Å². The van der Waals surface area contributed by atoms with Crippen LogP contribution in [0.3, 0.4) is 0 Å². The number of fused-ring (bicyclic) bond motifs is 1. The van der Waals surface area contributed by atoms with Crippen LogP contribution in [0.15, 0.2) is 12.1 Å². The lowest BCUT2D eigenvalue weighted by atomic mass is 9.99. The summed E-state index contributed by atoms with van der Waals surface area (Å²) in [5, 5.41) is 9.58. The van der Waals surface area contributed by atoms with Crippen LogP contribution in [-0.2, 0) is 24.7 Å². The fourth-order valence-electron chi connectivity index (χ4n) is 2.76. The number of aryl methyl sites for hydroxylation is 4. The number of hydrogen-bond donors (Lipinski definition) is 2. The third-order valence-electron chi connectivity index (χ3n) is 3.90. The van der Waals surface area contributed by atoms with Crippen molar-refractivity contribution in [1.29, 1.82) is 0 Å². The monoisotopic (exact) mass is 332 g/mol. The topological polar surface area (TPSA) is 76.0 Å². The lowest BCUT2D eigenvalue weighted by Crippen LogP contribution is -2.32. The van der Waals surface area contributed by atoms with Gasteiger partial charge in [-0.15, -0.1) is 11.3 Å². The van der Waals surface area contributed by atoms with Gasteiger partial charge in [-0.1, -0.05) is 0 Å². The predicted molar refractivity (Wildman–Crippen MR) is 89.9 cm³/mol. The molecule has 1 aliphatic carbocycles. The summed E-state index contributed by atoms with van der Waals surface area (Å²) >= 11 is 1.55. The van der Waals surface area contributed by atoms with Crippen molar-refractivity contribution in [2.75, 3.05) is 11.9 Å². The second-order valence-electron chi connectivity index (χ2n) is 5.79. The smallest absolute Gasteiger partial charge is 0.261 e. The van der Waals surface area contributed by atoms with Gasteiger partial charge in [0.15, 0.2) is 0 Å². The fraction of sp³-hybridized carbons (Fsp3) is 0.438. The van der Waals surface area contributed by atoms with Gasteiger partial charge in [-0.25, -0.2) is 0 Å². The Hall–Kier alpha value is -2.15. The molecule has 7 heteroatoms. The molecule has 2 amide bonds. The molecular formula is C16H20N4O2S. The molecule has 0 aliphatic heterocycles. The molecule has 6 nitrogen and oxygen atoms in total. The second kappa shape index (κ2) is 6.54. The van der Waals surface area contributed by atoms with Crippen LogP contribution in [0, 0.1) is 6.92 Å². The van der Waals surface area contributed by atoms with Crippen molar-refractivity contribution in [2.45, 2.75) is 32.6 Å². The van der Waals surface area contributed by atoms with Crippen molar-refractivity contribution in [2.24, 2.45) is 7.05 Å². The van der Waals surface area contributed by atoms with Crippen molar-refractivity contribution >= 4 is 29.0 Å². The first-order valence-electron chi connectivity index (χ1n) is 7.73. The predicted octanol–water partition coefficient (Wildman–Crippen LogP) is 2.04. The summed E-state index contributed by atoms with van der Waals surface area (Å²) in [6, 6.07) is 3.75. The molecule has 0 unspecified atom stereocenters. The maximum atomic E-state index is 12.2. The SMILES string of the molecule is Cc1cc(NC(=O)CNC(=O)c2cc3c(s2)CCCC3)n(C)n1. The van der Waals surface area contributed by atoms with E-state index in [1.165, 1.54) is 23.3 Å². The lowest BCUT2D eigenvalue weighted by Gasteiger charge is -2.08. The molecule has 122 valence electrons. The number of aromatic nitrogens is 2. The number of carbonyl (C=O) groups is 2. The highest BCUT2D eigenvalue weighted by Crippen LogP contribution is 2.29. The number of amides is 2. The Labute approximate surface area is 138 Å². The standard InChI is InChI=1S/C16H20N4O2S/c1-10-7-14(20(2)19-10)18-15(21)9-17-16(22)13-8-11-5-3-4-6-12(11)23-13/h7-8H,3-6,9H2,1-2H3,(H,17,22)(H,18,21). The lowest BCUT2D eigenvalue weighted by molar-refractivity contribution is -0.115. The number of thiophene rings is 1. The molecule has 2 N–H and O–H groups in total. The van der Waals surface area contributed by atoms with E-state index < -0.39 is 0 Å². The molecule has 0 radical (unpaired) electrons. The van der Waals surface area contributed by atoms with E-state index in [-0.39, 0.29) is 18.4 Å². The van der Waals surface area contributed by atoms with E-state index in [9.17, 15) is 9.59 Å². The number of carbonyl (C=O) groups excluding carboxylic acids is 2. The molecule has 0 atom stereocenters. The molecule has 0 aromatic carbocycles.